The van der Waals surface area contributed by atoms with Crippen LogP contribution in [0.25, 0.3) is 0 Å². The van der Waals surface area contributed by atoms with Gasteiger partial charge in [0.15, 0.2) is 0 Å². The summed E-state index contributed by atoms with van der Waals surface area (Å²) in [6.45, 7) is 1.35. The van der Waals surface area contributed by atoms with E-state index in [-0.39, 0.29) is 4.90 Å². The second kappa shape index (κ2) is 6.97. The lowest BCUT2D eigenvalue weighted by molar-refractivity contribution is 0.582. The summed E-state index contributed by atoms with van der Waals surface area (Å²) in [5, 5.41) is 7.03. The molecule has 0 bridgehead atoms. The van der Waals surface area contributed by atoms with Crippen LogP contribution in [0.5, 0.6) is 0 Å². The minimum absolute atomic E-state index is 0.160. The van der Waals surface area contributed by atoms with E-state index in [2.05, 4.69) is 15.1 Å². The Hall–Kier alpha value is -1.51. The van der Waals surface area contributed by atoms with Gasteiger partial charge in [0.05, 0.1) is 12.7 Å². The number of likely N-dealkylation sites (N-methyl/N-ethyl adjacent to an activating group) is 1. The molecule has 0 aliphatic carbocycles. The fourth-order valence-electron chi connectivity index (χ4n) is 1.71. The van der Waals surface area contributed by atoms with Gasteiger partial charge in [0.2, 0.25) is 0 Å². The van der Waals surface area contributed by atoms with Crippen LogP contribution in [0, 0.1) is 0 Å². The van der Waals surface area contributed by atoms with Crippen LogP contribution in [0.1, 0.15) is 0 Å². The average Bonchev–Trinajstić information content (AvgIpc) is 2.95. The van der Waals surface area contributed by atoms with Gasteiger partial charge in [0, 0.05) is 23.3 Å². The topological polar surface area (TPSA) is 76.0 Å². The number of nitrogens with one attached hydrogen (secondary N) is 2. The summed E-state index contributed by atoms with van der Waals surface area (Å²) in [6.07, 6.45) is 4.85. The first-order valence-electron chi connectivity index (χ1n) is 6.39. The number of nitrogens with zero attached hydrogens (tertiary/aromatic N) is 2. The molecule has 0 aliphatic rings. The molecule has 0 fully saturated rings. The molecule has 2 aromatic rings. The summed E-state index contributed by atoms with van der Waals surface area (Å²) in [4.78, 5) is 1.24. The Balaban J connectivity index is 2.11. The van der Waals surface area contributed by atoms with Gasteiger partial charge in [-0.2, -0.15) is 5.10 Å². The summed E-state index contributed by atoms with van der Waals surface area (Å²) >= 11 is 1.61. The highest BCUT2D eigenvalue weighted by Gasteiger charge is 2.16. The maximum atomic E-state index is 12.3. The number of sulfonamides is 1. The van der Waals surface area contributed by atoms with Crippen LogP contribution in [-0.4, -0.2) is 38.0 Å². The predicted molar refractivity (Wildman–Crippen MR) is 85.2 cm³/mol. The van der Waals surface area contributed by atoms with Crippen molar-refractivity contribution in [2.75, 3.05) is 24.6 Å². The van der Waals surface area contributed by atoms with Crippen LogP contribution >= 0.6 is 11.8 Å². The molecule has 0 aliphatic heterocycles. The molecule has 2 N–H and O–H groups in total. The highest BCUT2D eigenvalue weighted by molar-refractivity contribution is 7.98. The zero-order valence-corrected chi connectivity index (χ0v) is 13.5. The number of aromatic nitrogens is 2. The van der Waals surface area contributed by atoms with Crippen molar-refractivity contribution < 1.29 is 8.42 Å². The van der Waals surface area contributed by atoms with Gasteiger partial charge in [0.25, 0.3) is 10.0 Å². The van der Waals surface area contributed by atoms with E-state index >= 15 is 0 Å². The van der Waals surface area contributed by atoms with Crippen LogP contribution in [0.15, 0.2) is 46.5 Å². The lowest BCUT2D eigenvalue weighted by Gasteiger charge is -2.06. The predicted octanol–water partition coefficient (Wildman–Crippen LogP) is 1.63. The number of benzene rings is 1. The van der Waals surface area contributed by atoms with Gasteiger partial charge >= 0.3 is 0 Å². The van der Waals surface area contributed by atoms with Gasteiger partial charge in [-0.05, 0) is 37.6 Å². The molecule has 2 rings (SSSR count). The standard InChI is InChI=1S/C13H18N4O2S2/c1-14-7-8-17-10-13(9-15-17)21(18,19)16-11-3-5-12(20-2)6-4-11/h3-6,9-10,14,16H,7-8H2,1-2H3. The monoisotopic (exact) mass is 326 g/mol. The SMILES string of the molecule is CNCCn1cc(S(=O)(=O)Nc2ccc(SC)cc2)cn1. The Morgan fingerprint density at radius 2 is 2.00 bits per heavy atom. The first kappa shape index (κ1) is 15.9. The third kappa shape index (κ3) is 4.23. The molecule has 21 heavy (non-hydrogen) atoms. The van der Waals surface area contributed by atoms with Crippen molar-refractivity contribution in [1.29, 1.82) is 0 Å². The molecule has 8 heteroatoms. The van der Waals surface area contributed by atoms with Crippen molar-refractivity contribution in [3.05, 3.63) is 36.7 Å². The average molecular weight is 326 g/mol. The maximum Gasteiger partial charge on any atom is 0.265 e. The number of anilines is 1. The molecule has 114 valence electrons. The number of rotatable bonds is 7. The first-order valence-corrected chi connectivity index (χ1v) is 9.10. The van der Waals surface area contributed by atoms with E-state index in [1.54, 1.807) is 28.6 Å². The summed E-state index contributed by atoms with van der Waals surface area (Å²) < 4.78 is 28.7. The van der Waals surface area contributed by atoms with Gasteiger partial charge in [0.1, 0.15) is 4.90 Å². The second-order valence-corrected chi connectivity index (χ2v) is 6.94. The van der Waals surface area contributed by atoms with E-state index in [1.807, 2.05) is 25.4 Å². The molecular formula is C13H18N4O2S2. The molecule has 6 nitrogen and oxygen atoms in total. The second-order valence-electron chi connectivity index (χ2n) is 4.38. The number of hydrogen-bond acceptors (Lipinski definition) is 5. The quantitative estimate of drug-likeness (QED) is 0.756. The summed E-state index contributed by atoms with van der Waals surface area (Å²) in [7, 11) is -1.76. The van der Waals surface area contributed by atoms with Crippen LogP contribution in [0.3, 0.4) is 0 Å². The van der Waals surface area contributed by atoms with Gasteiger partial charge in [-0.15, -0.1) is 11.8 Å². The minimum Gasteiger partial charge on any atom is -0.318 e. The largest absolute Gasteiger partial charge is 0.318 e. The Kier molecular flexibility index (Phi) is 5.27. The molecule has 0 saturated heterocycles. The Morgan fingerprint density at radius 1 is 1.29 bits per heavy atom. The van der Waals surface area contributed by atoms with Crippen molar-refractivity contribution in [3.8, 4) is 0 Å². The van der Waals surface area contributed by atoms with Crippen LogP contribution < -0.4 is 10.0 Å². The van der Waals surface area contributed by atoms with Crippen LogP contribution in [0.2, 0.25) is 0 Å². The third-order valence-corrected chi connectivity index (χ3v) is 4.93. The highest BCUT2D eigenvalue weighted by atomic mass is 32.2. The van der Waals surface area contributed by atoms with Crippen molar-refractivity contribution >= 4 is 27.5 Å². The Morgan fingerprint density at radius 3 is 2.62 bits per heavy atom. The van der Waals surface area contributed by atoms with E-state index < -0.39 is 10.0 Å². The third-order valence-electron chi connectivity index (χ3n) is 2.85. The van der Waals surface area contributed by atoms with Gasteiger partial charge in [-0.3, -0.25) is 9.40 Å². The van der Waals surface area contributed by atoms with Crippen molar-refractivity contribution in [3.63, 3.8) is 0 Å². The zero-order chi connectivity index (χ0) is 15.3. The van der Waals surface area contributed by atoms with E-state index in [1.165, 1.54) is 12.4 Å². The fraction of sp³-hybridized carbons (Fsp3) is 0.308. The van der Waals surface area contributed by atoms with Crippen LogP contribution in [0.4, 0.5) is 5.69 Å². The lowest BCUT2D eigenvalue weighted by Crippen LogP contribution is -2.15. The van der Waals surface area contributed by atoms with Crippen molar-refractivity contribution in [2.45, 2.75) is 16.3 Å². The van der Waals surface area contributed by atoms with E-state index in [0.717, 1.165) is 11.4 Å². The molecule has 1 aromatic carbocycles. The van der Waals surface area contributed by atoms with Gasteiger partial charge < -0.3 is 5.32 Å². The van der Waals surface area contributed by atoms with Crippen molar-refractivity contribution in [2.24, 2.45) is 0 Å². The molecule has 1 aromatic heterocycles. The Bertz CT molecular complexity index is 680. The normalized spacial score (nSPS) is 11.5. The van der Waals surface area contributed by atoms with E-state index in [0.29, 0.717) is 12.2 Å². The van der Waals surface area contributed by atoms with Gasteiger partial charge in [-0.25, -0.2) is 8.42 Å². The van der Waals surface area contributed by atoms with E-state index in [4.69, 9.17) is 0 Å². The number of hydrogen-bond donors (Lipinski definition) is 2. The highest BCUT2D eigenvalue weighted by Crippen LogP contribution is 2.20. The molecule has 0 radical (unpaired) electrons. The summed E-state index contributed by atoms with van der Waals surface area (Å²) in [5.74, 6) is 0. The minimum atomic E-state index is -3.60. The maximum absolute atomic E-state index is 12.3. The van der Waals surface area contributed by atoms with Crippen LogP contribution in [-0.2, 0) is 16.6 Å². The lowest BCUT2D eigenvalue weighted by atomic mass is 10.3. The molecule has 0 unspecified atom stereocenters. The molecule has 0 saturated carbocycles. The molecule has 0 spiro atoms. The van der Waals surface area contributed by atoms with Crippen molar-refractivity contribution in [1.82, 2.24) is 15.1 Å². The molecule has 1 heterocycles. The Labute approximate surface area is 129 Å². The van der Waals surface area contributed by atoms with E-state index in [9.17, 15) is 8.42 Å². The zero-order valence-electron chi connectivity index (χ0n) is 11.9. The first-order chi connectivity index (χ1) is 10.0. The van der Waals surface area contributed by atoms with Gasteiger partial charge in [-0.1, -0.05) is 0 Å². The number of thioether (sulfide) groups is 1. The smallest absolute Gasteiger partial charge is 0.265 e. The summed E-state index contributed by atoms with van der Waals surface area (Å²) in [5.41, 5.74) is 0.538. The molecule has 0 amide bonds. The molecular weight excluding hydrogens is 308 g/mol. The fourth-order valence-corrected chi connectivity index (χ4v) is 3.12. The summed E-state index contributed by atoms with van der Waals surface area (Å²) in [6, 6.07) is 7.24. The molecule has 0 atom stereocenters.